The van der Waals surface area contributed by atoms with E-state index in [0.29, 0.717) is 5.92 Å². The van der Waals surface area contributed by atoms with Crippen molar-refractivity contribution in [3.63, 3.8) is 0 Å². The number of ether oxygens (including phenoxy) is 2. The fraction of sp³-hybridized carbons (Fsp3) is 0.515. The predicted octanol–water partition coefficient (Wildman–Crippen LogP) is 7.00. The Bertz CT molecular complexity index is 1180. The molecule has 0 spiro atoms. The molecule has 0 aliphatic heterocycles. The van der Waals surface area contributed by atoms with E-state index in [1.807, 2.05) is 27.0 Å². The summed E-state index contributed by atoms with van der Waals surface area (Å²) in [5, 5.41) is 10.4. The number of hydrogen-bond donors (Lipinski definition) is 1. The molecule has 0 saturated heterocycles. The highest BCUT2D eigenvalue weighted by Crippen LogP contribution is 2.46. The van der Waals surface area contributed by atoms with Gasteiger partial charge in [-0.1, -0.05) is 71.4 Å². The molecule has 38 heavy (non-hydrogen) atoms. The third-order valence-corrected chi connectivity index (χ3v) is 8.17. The van der Waals surface area contributed by atoms with Crippen LogP contribution in [0.3, 0.4) is 0 Å². The molecule has 1 aromatic heterocycles. The first-order valence-corrected chi connectivity index (χ1v) is 13.8. The number of esters is 1. The third kappa shape index (κ3) is 6.55. The van der Waals surface area contributed by atoms with Gasteiger partial charge in [0.25, 0.3) is 0 Å². The van der Waals surface area contributed by atoms with Crippen LogP contribution in [-0.4, -0.2) is 35.9 Å². The summed E-state index contributed by atoms with van der Waals surface area (Å²) in [6.07, 6.45) is 10.8. The Morgan fingerprint density at radius 3 is 2.42 bits per heavy atom. The average Bonchev–Trinajstić information content (AvgIpc) is 2.88. The van der Waals surface area contributed by atoms with Gasteiger partial charge >= 0.3 is 5.97 Å². The minimum Gasteiger partial charge on any atom is -0.491 e. The average molecular weight is 520 g/mol. The van der Waals surface area contributed by atoms with Crippen LogP contribution in [0.5, 0.6) is 5.75 Å². The number of nitrogens with zero attached hydrogens (tertiary/aromatic N) is 1. The zero-order valence-electron chi connectivity index (χ0n) is 24.4. The monoisotopic (exact) mass is 519 g/mol. The lowest BCUT2D eigenvalue weighted by atomic mass is 9.65. The van der Waals surface area contributed by atoms with Crippen LogP contribution in [0.1, 0.15) is 83.1 Å². The van der Waals surface area contributed by atoms with Gasteiger partial charge in [0.1, 0.15) is 12.4 Å². The van der Waals surface area contributed by atoms with Crippen LogP contribution < -0.4 is 4.74 Å². The van der Waals surface area contributed by atoms with Crippen molar-refractivity contribution in [2.75, 3.05) is 13.7 Å². The smallest absolute Gasteiger partial charge is 0.310 e. The Hall–Kier alpha value is -2.92. The molecule has 2 aromatic rings. The Kier molecular flexibility index (Phi) is 9.59. The first-order valence-electron chi connectivity index (χ1n) is 13.8. The van der Waals surface area contributed by atoms with E-state index in [9.17, 15) is 9.90 Å². The highest BCUT2D eigenvalue weighted by Gasteiger charge is 2.35. The zero-order valence-corrected chi connectivity index (χ0v) is 24.4. The summed E-state index contributed by atoms with van der Waals surface area (Å²) in [7, 11) is 1.41. The molecule has 1 N–H and O–H groups in total. The van der Waals surface area contributed by atoms with Gasteiger partial charge in [0.15, 0.2) is 0 Å². The molecule has 1 aliphatic carbocycles. The van der Waals surface area contributed by atoms with Crippen LogP contribution in [0, 0.1) is 18.3 Å². The molecule has 0 bridgehead atoms. The number of benzene rings is 1. The highest BCUT2D eigenvalue weighted by atomic mass is 16.5. The molecule has 0 fully saturated rings. The molecule has 0 radical (unpaired) electrons. The number of pyridine rings is 1. The summed E-state index contributed by atoms with van der Waals surface area (Å²) in [5.74, 6) is 0.889. The number of aliphatic hydroxyl groups is 1. The fourth-order valence-electron chi connectivity index (χ4n) is 5.40. The number of carbonyl (C=O) groups is 1. The maximum absolute atomic E-state index is 11.7. The molecule has 1 aromatic carbocycles. The second-order valence-electron chi connectivity index (χ2n) is 11.7. The maximum atomic E-state index is 11.7. The number of methoxy groups -OCH3 is 1. The van der Waals surface area contributed by atoms with Crippen LogP contribution in [-0.2, 0) is 21.4 Å². The molecule has 5 nitrogen and oxygen atoms in total. The van der Waals surface area contributed by atoms with E-state index in [0.717, 1.165) is 41.7 Å². The largest absolute Gasteiger partial charge is 0.491 e. The molecule has 2 unspecified atom stereocenters. The highest BCUT2D eigenvalue weighted by molar-refractivity contribution is 5.74. The van der Waals surface area contributed by atoms with E-state index in [1.54, 1.807) is 6.20 Å². The molecular weight excluding hydrogens is 474 g/mol. The lowest BCUT2D eigenvalue weighted by Gasteiger charge is -2.39. The number of rotatable bonds is 10. The number of hydrogen-bond acceptors (Lipinski definition) is 5. The summed E-state index contributed by atoms with van der Waals surface area (Å²) in [4.78, 5) is 16.1. The van der Waals surface area contributed by atoms with Crippen molar-refractivity contribution in [3.8, 4) is 5.75 Å². The van der Waals surface area contributed by atoms with Crippen molar-refractivity contribution in [3.05, 3.63) is 76.6 Å². The van der Waals surface area contributed by atoms with Crippen molar-refractivity contribution < 1.29 is 19.4 Å². The van der Waals surface area contributed by atoms with Crippen molar-refractivity contribution >= 4 is 11.5 Å². The second-order valence-corrected chi connectivity index (χ2v) is 11.7. The maximum Gasteiger partial charge on any atom is 0.310 e. The molecule has 2 atom stereocenters. The van der Waals surface area contributed by atoms with E-state index >= 15 is 0 Å². The normalized spacial score (nSPS) is 16.9. The molecule has 5 heteroatoms. The van der Waals surface area contributed by atoms with Crippen LogP contribution >= 0.6 is 0 Å². The Morgan fingerprint density at radius 2 is 1.84 bits per heavy atom. The standard InChI is InChI=1S/C33H45NO4/c1-9-33(10-2,27-12-14-29(23(4)16-27)38-21-30(35)32(5,6)7)26-11-13-28(22(3)15-26)25-17-24(19-34-20-25)18-31(36)37-8/h11-14,16-17,19-20,22,30,35H,9-10,15,18,21H2,1-8H3. The number of aryl methyl sites for hydroxylation is 1. The van der Waals surface area contributed by atoms with Crippen LogP contribution in [0.25, 0.3) is 5.57 Å². The van der Waals surface area contributed by atoms with Gasteiger partial charge in [0, 0.05) is 17.8 Å². The van der Waals surface area contributed by atoms with E-state index in [-0.39, 0.29) is 29.8 Å². The van der Waals surface area contributed by atoms with E-state index in [1.165, 1.54) is 23.8 Å². The SMILES string of the molecule is CCC(CC)(C1=CC=C(c2cncc(CC(=O)OC)c2)C(C)C1)c1ccc(OCC(O)C(C)(C)C)c(C)c1. The first kappa shape index (κ1) is 29.6. The summed E-state index contributed by atoms with van der Waals surface area (Å²) in [6.45, 7) is 15.2. The number of aliphatic hydroxyl groups excluding tert-OH is 1. The molecule has 3 rings (SSSR count). The van der Waals surface area contributed by atoms with Gasteiger partial charge < -0.3 is 14.6 Å². The van der Waals surface area contributed by atoms with Gasteiger partial charge in [0.05, 0.1) is 19.6 Å². The minimum absolute atomic E-state index is 0.0600. The van der Waals surface area contributed by atoms with Gasteiger partial charge in [-0.3, -0.25) is 9.78 Å². The Balaban J connectivity index is 1.89. The van der Waals surface area contributed by atoms with E-state index in [4.69, 9.17) is 9.47 Å². The number of allylic oxidation sites excluding steroid dienone is 4. The van der Waals surface area contributed by atoms with Gasteiger partial charge in [0.2, 0.25) is 0 Å². The van der Waals surface area contributed by atoms with Gasteiger partial charge in [-0.2, -0.15) is 0 Å². The van der Waals surface area contributed by atoms with Crippen molar-refractivity contribution in [2.24, 2.45) is 11.3 Å². The lowest BCUT2D eigenvalue weighted by molar-refractivity contribution is -0.139. The van der Waals surface area contributed by atoms with E-state index in [2.05, 4.69) is 69.1 Å². The number of carbonyl (C=O) groups excluding carboxylic acids is 1. The quantitative estimate of drug-likeness (QED) is 0.342. The summed E-state index contributed by atoms with van der Waals surface area (Å²) < 4.78 is 10.8. The second kappa shape index (κ2) is 12.3. The third-order valence-electron chi connectivity index (χ3n) is 8.17. The predicted molar refractivity (Wildman–Crippen MR) is 154 cm³/mol. The summed E-state index contributed by atoms with van der Waals surface area (Å²) >= 11 is 0. The van der Waals surface area contributed by atoms with Gasteiger partial charge in [-0.25, -0.2) is 0 Å². The summed E-state index contributed by atoms with van der Waals surface area (Å²) in [6, 6.07) is 8.57. The van der Waals surface area contributed by atoms with Gasteiger partial charge in [-0.15, -0.1) is 0 Å². The molecule has 1 aliphatic rings. The first-order chi connectivity index (χ1) is 17.9. The van der Waals surface area contributed by atoms with Crippen LogP contribution in [0.2, 0.25) is 0 Å². The number of aromatic nitrogens is 1. The Labute approximate surface area is 229 Å². The Morgan fingerprint density at radius 1 is 1.13 bits per heavy atom. The minimum atomic E-state index is -0.529. The molecule has 206 valence electrons. The summed E-state index contributed by atoms with van der Waals surface area (Å²) in [5.41, 5.74) is 6.71. The molecule has 0 amide bonds. The molecule has 1 heterocycles. The van der Waals surface area contributed by atoms with Crippen molar-refractivity contribution in [1.29, 1.82) is 0 Å². The van der Waals surface area contributed by atoms with Gasteiger partial charge in [-0.05, 0) is 77.5 Å². The van der Waals surface area contributed by atoms with E-state index < -0.39 is 6.10 Å². The van der Waals surface area contributed by atoms with Crippen LogP contribution in [0.4, 0.5) is 0 Å². The molecular formula is C33H45NO4. The van der Waals surface area contributed by atoms with Crippen molar-refractivity contribution in [2.45, 2.75) is 85.7 Å². The topological polar surface area (TPSA) is 68.7 Å². The fourth-order valence-corrected chi connectivity index (χ4v) is 5.40. The van der Waals surface area contributed by atoms with Crippen molar-refractivity contribution in [1.82, 2.24) is 4.98 Å². The lowest BCUT2D eigenvalue weighted by Crippen LogP contribution is -2.32. The van der Waals surface area contributed by atoms with Crippen LogP contribution in [0.15, 0.2) is 54.4 Å². The molecule has 0 saturated carbocycles. The zero-order chi connectivity index (χ0) is 28.1.